The molecule has 1 aromatic heterocycles. The molecule has 0 saturated carbocycles. The first kappa shape index (κ1) is 17.2. The molecular weight excluding hydrogens is 320 g/mol. The zero-order chi connectivity index (χ0) is 17.4. The van der Waals surface area contributed by atoms with Gasteiger partial charge in [-0.05, 0) is 26.3 Å². The summed E-state index contributed by atoms with van der Waals surface area (Å²) in [5.74, 6) is -0.426. The third-order valence-corrected chi connectivity index (χ3v) is 3.47. The van der Waals surface area contributed by atoms with Gasteiger partial charge in [0.15, 0.2) is 0 Å². The van der Waals surface area contributed by atoms with Crippen molar-refractivity contribution >= 4 is 11.9 Å². The molecule has 6 nitrogen and oxygen atoms in total. The van der Waals surface area contributed by atoms with E-state index in [1.54, 1.807) is 13.8 Å². The van der Waals surface area contributed by atoms with Gasteiger partial charge in [0.1, 0.15) is 16.9 Å². The highest BCUT2D eigenvalue weighted by Crippen LogP contribution is 2.25. The fourth-order valence-electron chi connectivity index (χ4n) is 2.31. The predicted molar refractivity (Wildman–Crippen MR) is 71.1 cm³/mol. The molecule has 0 atom stereocenters. The van der Waals surface area contributed by atoms with Crippen LogP contribution in [0.15, 0.2) is 6.07 Å². The van der Waals surface area contributed by atoms with E-state index in [0.717, 1.165) is 9.58 Å². The third-order valence-electron chi connectivity index (χ3n) is 3.47. The predicted octanol–water partition coefficient (Wildman–Crippen LogP) is 2.48. The second-order valence-electron chi connectivity index (χ2n) is 5.68. The SMILES string of the molecule is CC1(C)NC(=O)N(CCCn2nc(C(F)F)cc2C(F)F)C1=O. The van der Waals surface area contributed by atoms with Crippen molar-refractivity contribution in [1.82, 2.24) is 20.0 Å². The van der Waals surface area contributed by atoms with Gasteiger partial charge in [0.05, 0.1) is 0 Å². The van der Waals surface area contributed by atoms with Gasteiger partial charge in [-0.15, -0.1) is 0 Å². The van der Waals surface area contributed by atoms with Gasteiger partial charge in [0.2, 0.25) is 0 Å². The van der Waals surface area contributed by atoms with Crippen LogP contribution >= 0.6 is 0 Å². The molecule has 1 N–H and O–H groups in total. The number of hydrogen-bond donors (Lipinski definition) is 1. The average molecular weight is 336 g/mol. The van der Waals surface area contributed by atoms with Crippen LogP contribution in [0.4, 0.5) is 22.4 Å². The zero-order valence-electron chi connectivity index (χ0n) is 12.5. The smallest absolute Gasteiger partial charge is 0.324 e. The van der Waals surface area contributed by atoms with Crippen LogP contribution in [0, 0.1) is 0 Å². The molecule has 2 heterocycles. The normalized spacial score (nSPS) is 17.5. The molecule has 0 spiro atoms. The van der Waals surface area contributed by atoms with Gasteiger partial charge in [-0.1, -0.05) is 0 Å². The van der Waals surface area contributed by atoms with Crippen molar-refractivity contribution in [2.24, 2.45) is 0 Å². The molecule has 0 radical (unpaired) electrons. The Kier molecular flexibility index (Phi) is 4.62. The van der Waals surface area contributed by atoms with Gasteiger partial charge in [-0.25, -0.2) is 22.4 Å². The quantitative estimate of drug-likeness (QED) is 0.641. The number of alkyl halides is 4. The molecule has 0 unspecified atom stereocenters. The third kappa shape index (κ3) is 3.45. The first-order valence-corrected chi connectivity index (χ1v) is 6.91. The molecule has 0 aliphatic carbocycles. The van der Waals surface area contributed by atoms with Gasteiger partial charge >= 0.3 is 6.03 Å². The number of halogens is 4. The summed E-state index contributed by atoms with van der Waals surface area (Å²) in [6.07, 6.45) is -5.76. The van der Waals surface area contributed by atoms with Crippen molar-refractivity contribution in [2.75, 3.05) is 6.54 Å². The molecule has 1 aliphatic heterocycles. The standard InChI is InChI=1S/C13H16F4N4O2/c1-13(2)11(22)20(12(23)18-13)4-3-5-21-8(10(16)17)6-7(19-21)9(14)15/h6,9-10H,3-5H2,1-2H3,(H,18,23). The van der Waals surface area contributed by atoms with E-state index in [1.165, 1.54) is 0 Å². The first-order valence-electron chi connectivity index (χ1n) is 6.91. The Balaban J connectivity index is 2.02. The topological polar surface area (TPSA) is 67.2 Å². The van der Waals surface area contributed by atoms with Gasteiger partial charge in [0, 0.05) is 13.1 Å². The number of imide groups is 1. The van der Waals surface area contributed by atoms with Gasteiger partial charge in [-0.2, -0.15) is 5.10 Å². The van der Waals surface area contributed by atoms with Crippen LogP contribution < -0.4 is 5.32 Å². The number of nitrogens with one attached hydrogen (secondary N) is 1. The Hall–Kier alpha value is -2.13. The molecule has 1 aromatic rings. The number of hydrogen-bond acceptors (Lipinski definition) is 3. The van der Waals surface area contributed by atoms with E-state index >= 15 is 0 Å². The second-order valence-corrected chi connectivity index (χ2v) is 5.68. The second kappa shape index (κ2) is 6.17. The van der Waals surface area contributed by atoms with Crippen LogP contribution in [0.3, 0.4) is 0 Å². The lowest BCUT2D eigenvalue weighted by Crippen LogP contribution is -2.40. The molecule has 10 heteroatoms. The van der Waals surface area contributed by atoms with Crippen LogP contribution in [0.25, 0.3) is 0 Å². The lowest BCUT2D eigenvalue weighted by atomic mass is 10.1. The van der Waals surface area contributed by atoms with Crippen molar-refractivity contribution in [1.29, 1.82) is 0 Å². The number of nitrogens with zero attached hydrogens (tertiary/aromatic N) is 3. The minimum absolute atomic E-state index is 0.0132. The summed E-state index contributed by atoms with van der Waals surface area (Å²) >= 11 is 0. The Morgan fingerprint density at radius 3 is 2.30 bits per heavy atom. The summed E-state index contributed by atoms with van der Waals surface area (Å²) in [4.78, 5) is 24.6. The van der Waals surface area contributed by atoms with E-state index in [4.69, 9.17) is 0 Å². The van der Waals surface area contributed by atoms with Crippen LogP contribution in [0.2, 0.25) is 0 Å². The number of carbonyl (C=O) groups is 2. The van der Waals surface area contributed by atoms with Crippen molar-refractivity contribution in [3.63, 3.8) is 0 Å². The summed E-state index contributed by atoms with van der Waals surface area (Å²) in [6.45, 7) is 2.97. The number of carbonyl (C=O) groups excluding carboxylic acids is 2. The Morgan fingerprint density at radius 1 is 1.17 bits per heavy atom. The largest absolute Gasteiger partial charge is 0.325 e. The summed E-state index contributed by atoms with van der Waals surface area (Å²) in [5.41, 5.74) is -2.35. The minimum atomic E-state index is -2.94. The summed E-state index contributed by atoms with van der Waals surface area (Å²) < 4.78 is 51.5. The van der Waals surface area contributed by atoms with Crippen LogP contribution in [0.1, 0.15) is 44.5 Å². The molecule has 1 aliphatic rings. The van der Waals surface area contributed by atoms with Crippen molar-refractivity contribution in [3.05, 3.63) is 17.5 Å². The zero-order valence-corrected chi connectivity index (χ0v) is 12.5. The molecule has 2 rings (SSSR count). The highest BCUT2D eigenvalue weighted by Gasteiger charge is 2.43. The van der Waals surface area contributed by atoms with E-state index < -0.39 is 41.7 Å². The number of rotatable bonds is 6. The van der Waals surface area contributed by atoms with E-state index in [0.29, 0.717) is 6.07 Å². The first-order chi connectivity index (χ1) is 10.6. The molecule has 1 saturated heterocycles. The summed E-state index contributed by atoms with van der Waals surface area (Å²) in [6, 6.07) is 0.0921. The molecule has 23 heavy (non-hydrogen) atoms. The minimum Gasteiger partial charge on any atom is -0.324 e. The van der Waals surface area contributed by atoms with Gasteiger partial charge in [-0.3, -0.25) is 14.4 Å². The number of amides is 3. The van der Waals surface area contributed by atoms with Crippen LogP contribution in [-0.2, 0) is 11.3 Å². The molecular formula is C13H16F4N4O2. The van der Waals surface area contributed by atoms with Crippen molar-refractivity contribution in [2.45, 2.75) is 45.2 Å². The fraction of sp³-hybridized carbons (Fsp3) is 0.615. The van der Waals surface area contributed by atoms with Gasteiger partial charge in [0.25, 0.3) is 18.8 Å². The lowest BCUT2D eigenvalue weighted by molar-refractivity contribution is -0.130. The van der Waals surface area contributed by atoms with Crippen LogP contribution in [-0.4, -0.2) is 38.7 Å². The number of urea groups is 1. The summed E-state index contributed by atoms with van der Waals surface area (Å²) in [5, 5.41) is 5.93. The molecule has 0 aromatic carbocycles. The Morgan fingerprint density at radius 2 is 1.83 bits per heavy atom. The molecule has 1 fully saturated rings. The maximum absolute atomic E-state index is 12.8. The van der Waals surface area contributed by atoms with E-state index in [-0.39, 0.29) is 19.5 Å². The van der Waals surface area contributed by atoms with Crippen LogP contribution in [0.5, 0.6) is 0 Å². The maximum atomic E-state index is 12.8. The Labute approximate surface area is 129 Å². The summed E-state index contributed by atoms with van der Waals surface area (Å²) in [7, 11) is 0. The highest BCUT2D eigenvalue weighted by molar-refractivity contribution is 6.06. The number of aryl methyl sites for hydroxylation is 1. The monoisotopic (exact) mass is 336 g/mol. The van der Waals surface area contributed by atoms with Crippen molar-refractivity contribution < 1.29 is 27.2 Å². The maximum Gasteiger partial charge on any atom is 0.325 e. The number of aromatic nitrogens is 2. The van der Waals surface area contributed by atoms with Gasteiger partial charge < -0.3 is 5.32 Å². The van der Waals surface area contributed by atoms with E-state index in [1.807, 2.05) is 0 Å². The van der Waals surface area contributed by atoms with E-state index in [2.05, 4.69) is 10.4 Å². The fourth-order valence-corrected chi connectivity index (χ4v) is 2.31. The lowest BCUT2D eigenvalue weighted by Gasteiger charge is -2.16. The average Bonchev–Trinajstić information content (AvgIpc) is 2.93. The van der Waals surface area contributed by atoms with Crippen molar-refractivity contribution in [3.8, 4) is 0 Å². The Bertz CT molecular complexity index is 615. The molecule has 128 valence electrons. The molecule has 0 bridgehead atoms. The van der Waals surface area contributed by atoms with E-state index in [9.17, 15) is 27.2 Å². The molecule has 3 amide bonds. The highest BCUT2D eigenvalue weighted by atomic mass is 19.3.